The summed E-state index contributed by atoms with van der Waals surface area (Å²) < 4.78 is 0. The van der Waals surface area contributed by atoms with Gasteiger partial charge in [0.05, 0.1) is 11.3 Å². The number of nitrogens with zero attached hydrogens (tertiary/aromatic N) is 1. The molecule has 0 unspecified atom stereocenters. The first-order chi connectivity index (χ1) is 6.66. The first-order valence-corrected chi connectivity index (χ1v) is 4.76. The quantitative estimate of drug-likeness (QED) is 0.743. The molecule has 1 saturated carbocycles. The van der Waals surface area contributed by atoms with Crippen LogP contribution < -0.4 is 11.1 Å². The molecule has 0 atom stereocenters. The van der Waals surface area contributed by atoms with Crippen LogP contribution >= 0.6 is 11.6 Å². The lowest BCUT2D eigenvalue weighted by Gasteiger charge is -2.08. The van der Waals surface area contributed by atoms with Gasteiger partial charge in [-0.2, -0.15) is 0 Å². The van der Waals surface area contributed by atoms with Gasteiger partial charge in [-0.05, 0) is 18.9 Å². The highest BCUT2D eigenvalue weighted by Crippen LogP contribution is 2.27. The molecule has 1 heterocycles. The molecular weight excluding hydrogens is 202 g/mol. The lowest BCUT2D eigenvalue weighted by atomic mass is 10.2. The van der Waals surface area contributed by atoms with Crippen molar-refractivity contribution in [3.8, 4) is 0 Å². The van der Waals surface area contributed by atoms with Crippen molar-refractivity contribution in [2.45, 2.75) is 18.9 Å². The van der Waals surface area contributed by atoms with Crippen molar-refractivity contribution in [2.24, 2.45) is 5.73 Å². The van der Waals surface area contributed by atoms with Crippen molar-refractivity contribution in [1.29, 1.82) is 0 Å². The van der Waals surface area contributed by atoms with Crippen LogP contribution in [0.2, 0.25) is 5.15 Å². The predicted octanol–water partition coefficient (Wildman–Crippen LogP) is 1.41. The van der Waals surface area contributed by atoms with E-state index in [0.29, 0.717) is 22.4 Å². The van der Waals surface area contributed by atoms with E-state index in [1.807, 2.05) is 0 Å². The molecule has 1 amide bonds. The van der Waals surface area contributed by atoms with Crippen LogP contribution in [-0.2, 0) is 0 Å². The van der Waals surface area contributed by atoms with Crippen LogP contribution in [0.1, 0.15) is 23.2 Å². The minimum atomic E-state index is -0.489. The number of nitrogens with one attached hydrogen (secondary N) is 1. The minimum absolute atomic E-state index is 0.359. The monoisotopic (exact) mass is 211 g/mol. The zero-order valence-electron chi connectivity index (χ0n) is 7.46. The number of halogens is 1. The van der Waals surface area contributed by atoms with Gasteiger partial charge in [0.2, 0.25) is 0 Å². The van der Waals surface area contributed by atoms with E-state index in [2.05, 4.69) is 10.3 Å². The summed E-state index contributed by atoms with van der Waals surface area (Å²) in [4.78, 5) is 14.8. The number of carbonyl (C=O) groups is 1. The normalized spacial score (nSPS) is 15.2. The molecule has 2 rings (SSSR count). The summed E-state index contributed by atoms with van der Waals surface area (Å²) in [5.74, 6) is -0.489. The van der Waals surface area contributed by atoms with E-state index >= 15 is 0 Å². The summed E-state index contributed by atoms with van der Waals surface area (Å²) in [5.41, 5.74) is 6.27. The number of primary amides is 1. The van der Waals surface area contributed by atoms with Gasteiger partial charge in [0, 0.05) is 12.2 Å². The maximum absolute atomic E-state index is 11.0. The van der Waals surface area contributed by atoms with Gasteiger partial charge in [-0.1, -0.05) is 11.6 Å². The number of anilines is 1. The summed E-state index contributed by atoms with van der Waals surface area (Å²) in [6.45, 7) is 0. The van der Waals surface area contributed by atoms with Gasteiger partial charge in [-0.3, -0.25) is 4.79 Å². The standard InChI is InChI=1S/C9H10ClN3O/c10-8-3-7(13-5-1-2-5)6(4-12-8)9(11)14/h3-5H,1-2H2,(H2,11,14)(H,12,13). The number of hydrogen-bond donors (Lipinski definition) is 2. The Balaban J connectivity index is 2.31. The van der Waals surface area contributed by atoms with Crippen LogP contribution in [0, 0.1) is 0 Å². The maximum Gasteiger partial charge on any atom is 0.252 e. The minimum Gasteiger partial charge on any atom is -0.382 e. The molecule has 1 aromatic heterocycles. The second-order valence-electron chi connectivity index (χ2n) is 3.34. The average molecular weight is 212 g/mol. The van der Waals surface area contributed by atoms with E-state index < -0.39 is 5.91 Å². The number of hydrogen-bond acceptors (Lipinski definition) is 3. The molecule has 0 bridgehead atoms. The smallest absolute Gasteiger partial charge is 0.252 e. The fourth-order valence-corrected chi connectivity index (χ4v) is 1.35. The second kappa shape index (κ2) is 3.46. The Bertz CT molecular complexity index is 376. The van der Waals surface area contributed by atoms with Gasteiger partial charge >= 0.3 is 0 Å². The van der Waals surface area contributed by atoms with Crippen molar-refractivity contribution in [1.82, 2.24) is 4.98 Å². The highest BCUT2D eigenvalue weighted by Gasteiger charge is 2.23. The highest BCUT2D eigenvalue weighted by molar-refractivity contribution is 6.29. The first-order valence-electron chi connectivity index (χ1n) is 4.38. The Morgan fingerprint density at radius 1 is 1.64 bits per heavy atom. The molecule has 14 heavy (non-hydrogen) atoms. The molecular formula is C9H10ClN3O. The Kier molecular flexibility index (Phi) is 2.29. The van der Waals surface area contributed by atoms with Gasteiger partial charge in [0.1, 0.15) is 5.15 Å². The van der Waals surface area contributed by atoms with Crippen LogP contribution in [0.5, 0.6) is 0 Å². The Labute approximate surface area is 86.5 Å². The van der Waals surface area contributed by atoms with Crippen molar-refractivity contribution in [2.75, 3.05) is 5.32 Å². The van der Waals surface area contributed by atoms with E-state index in [1.54, 1.807) is 6.07 Å². The molecule has 1 aliphatic carbocycles. The van der Waals surface area contributed by atoms with E-state index in [0.717, 1.165) is 12.8 Å². The van der Waals surface area contributed by atoms with Gasteiger partial charge in [0.15, 0.2) is 0 Å². The molecule has 0 spiro atoms. The predicted molar refractivity (Wildman–Crippen MR) is 54.4 cm³/mol. The van der Waals surface area contributed by atoms with Crippen molar-refractivity contribution < 1.29 is 4.79 Å². The van der Waals surface area contributed by atoms with Crippen LogP contribution in [0.4, 0.5) is 5.69 Å². The Morgan fingerprint density at radius 3 is 2.93 bits per heavy atom. The van der Waals surface area contributed by atoms with Gasteiger partial charge in [-0.15, -0.1) is 0 Å². The first kappa shape index (κ1) is 9.27. The summed E-state index contributed by atoms with van der Waals surface area (Å²) in [5, 5.41) is 3.54. The van der Waals surface area contributed by atoms with Gasteiger partial charge in [0.25, 0.3) is 5.91 Å². The van der Waals surface area contributed by atoms with Crippen LogP contribution in [-0.4, -0.2) is 16.9 Å². The summed E-state index contributed by atoms with van der Waals surface area (Å²) in [7, 11) is 0. The molecule has 4 nitrogen and oxygen atoms in total. The van der Waals surface area contributed by atoms with Crippen LogP contribution in [0.3, 0.4) is 0 Å². The summed E-state index contributed by atoms with van der Waals surface area (Å²) in [6, 6.07) is 2.08. The molecule has 74 valence electrons. The lowest BCUT2D eigenvalue weighted by Crippen LogP contribution is -2.15. The molecule has 1 aliphatic rings. The number of pyridine rings is 1. The zero-order chi connectivity index (χ0) is 10.1. The van der Waals surface area contributed by atoms with E-state index in [1.165, 1.54) is 6.20 Å². The number of rotatable bonds is 3. The van der Waals surface area contributed by atoms with Gasteiger partial charge < -0.3 is 11.1 Å². The number of amides is 1. The van der Waals surface area contributed by atoms with Crippen LogP contribution in [0.25, 0.3) is 0 Å². The number of aromatic nitrogens is 1. The fourth-order valence-electron chi connectivity index (χ4n) is 1.19. The second-order valence-corrected chi connectivity index (χ2v) is 3.72. The molecule has 5 heteroatoms. The lowest BCUT2D eigenvalue weighted by molar-refractivity contribution is 0.100. The van der Waals surface area contributed by atoms with Gasteiger partial charge in [-0.25, -0.2) is 4.98 Å². The number of nitrogens with two attached hydrogens (primary N) is 1. The van der Waals surface area contributed by atoms with Crippen LogP contribution in [0.15, 0.2) is 12.3 Å². The highest BCUT2D eigenvalue weighted by atomic mass is 35.5. The summed E-state index contributed by atoms with van der Waals surface area (Å²) >= 11 is 5.72. The van der Waals surface area contributed by atoms with E-state index in [-0.39, 0.29) is 0 Å². The molecule has 3 N–H and O–H groups in total. The average Bonchev–Trinajstić information content (AvgIpc) is 2.87. The van der Waals surface area contributed by atoms with Crippen molar-refractivity contribution in [3.05, 3.63) is 23.0 Å². The third-order valence-corrected chi connectivity index (χ3v) is 2.28. The maximum atomic E-state index is 11.0. The molecule has 0 radical (unpaired) electrons. The fraction of sp³-hybridized carbons (Fsp3) is 0.333. The molecule has 1 aromatic rings. The molecule has 1 fully saturated rings. The Hall–Kier alpha value is -1.29. The van der Waals surface area contributed by atoms with E-state index in [4.69, 9.17) is 17.3 Å². The van der Waals surface area contributed by atoms with Crippen molar-refractivity contribution >= 4 is 23.2 Å². The number of carbonyl (C=O) groups excluding carboxylic acids is 1. The largest absolute Gasteiger partial charge is 0.382 e. The summed E-state index contributed by atoms with van der Waals surface area (Å²) in [6.07, 6.45) is 3.64. The van der Waals surface area contributed by atoms with Crippen molar-refractivity contribution in [3.63, 3.8) is 0 Å². The molecule has 0 saturated heterocycles. The topological polar surface area (TPSA) is 68.0 Å². The third-order valence-electron chi connectivity index (χ3n) is 2.07. The molecule has 0 aliphatic heterocycles. The molecule has 0 aromatic carbocycles. The Morgan fingerprint density at radius 2 is 2.36 bits per heavy atom. The zero-order valence-corrected chi connectivity index (χ0v) is 8.21. The third kappa shape index (κ3) is 1.96. The van der Waals surface area contributed by atoms with E-state index in [9.17, 15) is 4.79 Å². The SMILES string of the molecule is NC(=O)c1cnc(Cl)cc1NC1CC1.